The molecule has 0 aromatic heterocycles. The normalized spacial score (nSPS) is 24.5. The lowest BCUT2D eigenvalue weighted by Gasteiger charge is -2.47. The number of benzene rings is 1. The van der Waals surface area contributed by atoms with E-state index in [1.54, 1.807) is 6.92 Å². The van der Waals surface area contributed by atoms with Crippen LogP contribution in [-0.2, 0) is 19.6 Å². The van der Waals surface area contributed by atoms with Crippen molar-refractivity contribution in [2.75, 3.05) is 24.2 Å². The number of carbonyl (C=O) groups is 2. The second kappa shape index (κ2) is 8.67. The molecule has 1 N–H and O–H groups in total. The number of sulfonamides is 1. The van der Waals surface area contributed by atoms with Crippen LogP contribution in [0.1, 0.15) is 56.6 Å². The number of carbonyl (C=O) groups excluding carboxylic acids is 2. The number of anilines is 1. The van der Waals surface area contributed by atoms with Crippen LogP contribution < -0.4 is 10.2 Å². The van der Waals surface area contributed by atoms with E-state index >= 15 is 0 Å². The van der Waals surface area contributed by atoms with Crippen molar-refractivity contribution in [2.45, 2.75) is 70.9 Å². The Kier molecular flexibility index (Phi) is 6.57. The number of nitrogens with one attached hydrogen (secondary N) is 1. The molecule has 30 heavy (non-hydrogen) atoms. The highest BCUT2D eigenvalue weighted by Crippen LogP contribution is 2.32. The predicted molar refractivity (Wildman–Crippen MR) is 118 cm³/mol. The molecule has 0 spiro atoms. The molecule has 3 rings (SSSR count). The first-order chi connectivity index (χ1) is 14.0. The van der Waals surface area contributed by atoms with Crippen LogP contribution in [-0.4, -0.2) is 55.5 Å². The summed E-state index contributed by atoms with van der Waals surface area (Å²) in [4.78, 5) is 28.2. The van der Waals surface area contributed by atoms with Crippen LogP contribution in [0.25, 0.3) is 0 Å². The van der Waals surface area contributed by atoms with Gasteiger partial charge >= 0.3 is 0 Å². The minimum atomic E-state index is -3.62. The summed E-state index contributed by atoms with van der Waals surface area (Å²) >= 11 is 0. The number of rotatable bonds is 4. The largest absolute Gasteiger partial charge is 0.351 e. The standard InChI is InChI=1S/C22H33N3O4S/c1-16-11-17(2)13-19(12-16)25-20(26)14-24(30(4,28)29)15-22(25,3)21(27)23-18-9-7-5-6-8-10-18/h11-13,18H,5-10,14-15H2,1-4H3,(H,23,27)/t22-/m0/s1. The number of aryl methyl sites for hydroxylation is 2. The second-order valence-electron chi connectivity index (χ2n) is 9.04. The van der Waals surface area contributed by atoms with Crippen LogP contribution in [0.2, 0.25) is 0 Å². The molecule has 1 saturated carbocycles. The number of amides is 2. The van der Waals surface area contributed by atoms with E-state index in [0.29, 0.717) is 5.69 Å². The Labute approximate surface area is 179 Å². The van der Waals surface area contributed by atoms with Crippen LogP contribution >= 0.6 is 0 Å². The molecule has 166 valence electrons. The molecule has 0 radical (unpaired) electrons. The summed E-state index contributed by atoms with van der Waals surface area (Å²) in [5, 5.41) is 3.14. The van der Waals surface area contributed by atoms with Gasteiger partial charge in [-0.25, -0.2) is 8.42 Å². The van der Waals surface area contributed by atoms with Gasteiger partial charge in [-0.1, -0.05) is 31.7 Å². The third-order valence-electron chi connectivity index (χ3n) is 6.15. The lowest BCUT2D eigenvalue weighted by molar-refractivity contribution is -0.133. The summed E-state index contributed by atoms with van der Waals surface area (Å²) in [6.45, 7) is 5.22. The fourth-order valence-corrected chi connectivity index (χ4v) is 5.48. The van der Waals surface area contributed by atoms with Crippen molar-refractivity contribution in [3.05, 3.63) is 29.3 Å². The smallest absolute Gasteiger partial charge is 0.247 e. The molecule has 0 bridgehead atoms. The first-order valence-corrected chi connectivity index (χ1v) is 12.5. The van der Waals surface area contributed by atoms with E-state index in [4.69, 9.17) is 0 Å². The predicted octanol–water partition coefficient (Wildman–Crippen LogP) is 2.51. The summed E-state index contributed by atoms with van der Waals surface area (Å²) in [5.74, 6) is -0.689. The fraction of sp³-hybridized carbons (Fsp3) is 0.636. The van der Waals surface area contributed by atoms with Crippen LogP contribution in [0.15, 0.2) is 18.2 Å². The van der Waals surface area contributed by atoms with Crippen LogP contribution in [0, 0.1) is 13.8 Å². The van der Waals surface area contributed by atoms with Crippen LogP contribution in [0.5, 0.6) is 0 Å². The molecule has 2 amide bonds. The zero-order valence-corrected chi connectivity index (χ0v) is 19.2. The van der Waals surface area contributed by atoms with Gasteiger partial charge in [0.15, 0.2) is 0 Å². The van der Waals surface area contributed by atoms with Crippen molar-refractivity contribution in [1.29, 1.82) is 0 Å². The minimum Gasteiger partial charge on any atom is -0.351 e. The number of piperazine rings is 1. The highest BCUT2D eigenvalue weighted by Gasteiger charge is 2.50. The fourth-order valence-electron chi connectivity index (χ4n) is 4.65. The summed E-state index contributed by atoms with van der Waals surface area (Å²) in [6.07, 6.45) is 7.37. The first kappa shape index (κ1) is 22.7. The Bertz CT molecular complexity index is 902. The van der Waals surface area contributed by atoms with E-state index in [1.165, 1.54) is 17.7 Å². The summed E-state index contributed by atoms with van der Waals surface area (Å²) < 4.78 is 25.6. The maximum atomic E-state index is 13.5. The number of nitrogens with zero attached hydrogens (tertiary/aromatic N) is 2. The molecule has 2 aliphatic rings. The Balaban J connectivity index is 1.99. The third-order valence-corrected chi connectivity index (χ3v) is 7.35. The molecule has 1 aliphatic carbocycles. The molecule has 1 heterocycles. The van der Waals surface area contributed by atoms with E-state index in [1.807, 2.05) is 32.0 Å². The molecular weight excluding hydrogens is 402 g/mol. The molecule has 1 aromatic rings. The van der Waals surface area contributed by atoms with E-state index in [2.05, 4.69) is 5.32 Å². The molecule has 1 atom stereocenters. The molecule has 1 aromatic carbocycles. The SMILES string of the molecule is Cc1cc(C)cc(N2C(=O)CN(S(C)(=O)=O)C[C@@]2(C)C(=O)NC2CCCCCC2)c1. The van der Waals surface area contributed by atoms with Gasteiger partial charge in [0.1, 0.15) is 5.54 Å². The highest BCUT2D eigenvalue weighted by molar-refractivity contribution is 7.88. The Morgan fingerprint density at radius 3 is 2.17 bits per heavy atom. The Morgan fingerprint density at radius 1 is 1.07 bits per heavy atom. The van der Waals surface area contributed by atoms with Gasteiger partial charge in [-0.3, -0.25) is 14.5 Å². The third kappa shape index (κ3) is 4.86. The van der Waals surface area contributed by atoms with Gasteiger partial charge < -0.3 is 5.32 Å². The Morgan fingerprint density at radius 2 is 1.63 bits per heavy atom. The highest BCUT2D eigenvalue weighted by atomic mass is 32.2. The monoisotopic (exact) mass is 435 g/mol. The van der Waals surface area contributed by atoms with Crippen LogP contribution in [0.3, 0.4) is 0 Å². The lowest BCUT2D eigenvalue weighted by atomic mass is 9.93. The van der Waals surface area contributed by atoms with Crippen molar-refractivity contribution >= 4 is 27.5 Å². The minimum absolute atomic E-state index is 0.0571. The summed E-state index contributed by atoms with van der Waals surface area (Å²) in [5.41, 5.74) is 1.26. The maximum absolute atomic E-state index is 13.5. The van der Waals surface area contributed by atoms with Crippen LogP contribution in [0.4, 0.5) is 5.69 Å². The average Bonchev–Trinajstić information content (AvgIpc) is 2.88. The molecule has 1 saturated heterocycles. The second-order valence-corrected chi connectivity index (χ2v) is 11.0. The van der Waals surface area contributed by atoms with Gasteiger partial charge in [-0.2, -0.15) is 4.31 Å². The zero-order valence-electron chi connectivity index (χ0n) is 18.4. The van der Waals surface area contributed by atoms with Gasteiger partial charge in [0.05, 0.1) is 12.8 Å². The van der Waals surface area contributed by atoms with Gasteiger partial charge in [-0.05, 0) is 56.9 Å². The van der Waals surface area contributed by atoms with Crippen molar-refractivity contribution in [1.82, 2.24) is 9.62 Å². The molecular formula is C22H33N3O4S. The van der Waals surface area contributed by atoms with Crippen molar-refractivity contribution < 1.29 is 18.0 Å². The van der Waals surface area contributed by atoms with E-state index in [0.717, 1.165) is 47.4 Å². The molecule has 8 heteroatoms. The van der Waals surface area contributed by atoms with Gasteiger partial charge in [-0.15, -0.1) is 0 Å². The Hall–Kier alpha value is -1.93. The van der Waals surface area contributed by atoms with Crippen molar-refractivity contribution in [3.63, 3.8) is 0 Å². The number of hydrogen-bond acceptors (Lipinski definition) is 4. The zero-order chi connectivity index (χ0) is 22.1. The molecule has 7 nitrogen and oxygen atoms in total. The number of hydrogen-bond donors (Lipinski definition) is 1. The van der Waals surface area contributed by atoms with Crippen molar-refractivity contribution in [3.8, 4) is 0 Å². The topological polar surface area (TPSA) is 86.8 Å². The molecule has 2 fully saturated rings. The average molecular weight is 436 g/mol. The molecule has 1 aliphatic heterocycles. The van der Waals surface area contributed by atoms with Crippen molar-refractivity contribution in [2.24, 2.45) is 0 Å². The van der Waals surface area contributed by atoms with E-state index in [-0.39, 0.29) is 25.0 Å². The maximum Gasteiger partial charge on any atom is 0.247 e. The quantitative estimate of drug-likeness (QED) is 0.736. The van der Waals surface area contributed by atoms with E-state index in [9.17, 15) is 18.0 Å². The van der Waals surface area contributed by atoms with Gasteiger partial charge in [0.2, 0.25) is 21.8 Å². The van der Waals surface area contributed by atoms with Gasteiger partial charge in [0.25, 0.3) is 0 Å². The van der Waals surface area contributed by atoms with Gasteiger partial charge in [0, 0.05) is 18.3 Å². The first-order valence-electron chi connectivity index (χ1n) is 10.7. The summed E-state index contributed by atoms with van der Waals surface area (Å²) in [7, 11) is -3.62. The summed E-state index contributed by atoms with van der Waals surface area (Å²) in [6, 6.07) is 5.81. The molecule has 0 unspecified atom stereocenters. The van der Waals surface area contributed by atoms with E-state index < -0.39 is 21.5 Å². The lowest BCUT2D eigenvalue weighted by Crippen LogP contribution is -2.70.